The highest BCUT2D eigenvalue weighted by Gasteiger charge is 2.37. The summed E-state index contributed by atoms with van der Waals surface area (Å²) in [5.41, 5.74) is 22.6. The van der Waals surface area contributed by atoms with E-state index in [0.29, 0.717) is 0 Å². The fourth-order valence-corrected chi connectivity index (χ4v) is 12.4. The lowest BCUT2D eigenvalue weighted by atomic mass is 9.73. The molecule has 0 amide bonds. The Balaban J connectivity index is 0.829. The average Bonchev–Trinajstić information content (AvgIpc) is 4.03. The lowest BCUT2D eigenvalue weighted by molar-refractivity contribution is 0.477. The maximum absolute atomic E-state index is 6.76. The third-order valence-corrected chi connectivity index (χ3v) is 16.3. The van der Waals surface area contributed by atoms with E-state index in [1.165, 1.54) is 61.0 Å². The van der Waals surface area contributed by atoms with Crippen LogP contribution >= 0.6 is 0 Å². The monoisotopic (exact) mass is 1030 g/mol. The van der Waals surface area contributed by atoms with Crippen molar-refractivity contribution in [3.05, 3.63) is 302 Å². The van der Waals surface area contributed by atoms with Crippen molar-refractivity contribution in [2.24, 2.45) is 0 Å². The summed E-state index contributed by atoms with van der Waals surface area (Å²) in [6.07, 6.45) is 0. The first-order chi connectivity index (χ1) is 39.4. The third kappa shape index (κ3) is 7.85. The third-order valence-electron chi connectivity index (χ3n) is 16.3. The molecule has 5 nitrogen and oxygen atoms in total. The Kier molecular flexibility index (Phi) is 11.1. The van der Waals surface area contributed by atoms with E-state index in [1.807, 2.05) is 12.1 Å². The molecule has 5 heteroatoms. The second-order valence-electron chi connectivity index (χ2n) is 21.4. The summed E-state index contributed by atoms with van der Waals surface area (Å²) in [5, 5.41) is 2.41. The highest BCUT2D eigenvalue weighted by atomic mass is 16.5. The molecule has 0 spiro atoms. The Morgan fingerprint density at radius 2 is 0.713 bits per heavy atom. The Morgan fingerprint density at radius 3 is 1.34 bits per heavy atom. The van der Waals surface area contributed by atoms with Gasteiger partial charge in [0.1, 0.15) is 0 Å². The Bertz CT molecular complexity index is 4460. The van der Waals surface area contributed by atoms with Crippen LogP contribution in [0.2, 0.25) is 0 Å². The lowest BCUT2D eigenvalue weighted by Gasteiger charge is -2.42. The van der Waals surface area contributed by atoms with Crippen LogP contribution in [0.4, 0.5) is 51.2 Å². The molecular formula is C75H54N4O. The molecular weight excluding hydrogens is 973 g/mol. The number of fused-ring (bicyclic) bond motifs is 7. The van der Waals surface area contributed by atoms with E-state index >= 15 is 0 Å². The molecule has 0 N–H and O–H groups in total. The van der Waals surface area contributed by atoms with Crippen LogP contribution in [-0.4, -0.2) is 4.57 Å². The largest absolute Gasteiger partial charge is 0.453 e. The van der Waals surface area contributed by atoms with Crippen molar-refractivity contribution in [1.82, 2.24) is 4.57 Å². The van der Waals surface area contributed by atoms with Crippen LogP contribution in [0.5, 0.6) is 11.5 Å². The highest BCUT2D eigenvalue weighted by molar-refractivity contribution is 6.12. The predicted octanol–water partition coefficient (Wildman–Crippen LogP) is 20.9. The summed E-state index contributed by atoms with van der Waals surface area (Å²) < 4.78 is 9.17. The van der Waals surface area contributed by atoms with E-state index in [0.717, 1.165) is 73.7 Å². The van der Waals surface area contributed by atoms with Crippen LogP contribution in [0.1, 0.15) is 25.0 Å². The van der Waals surface area contributed by atoms with Gasteiger partial charge in [-0.25, -0.2) is 0 Å². The van der Waals surface area contributed by atoms with E-state index in [9.17, 15) is 0 Å². The lowest BCUT2D eigenvalue weighted by Crippen LogP contribution is -2.30. The minimum Gasteiger partial charge on any atom is -0.453 e. The minimum absolute atomic E-state index is 0.221. The van der Waals surface area contributed by atoms with Crippen LogP contribution in [0.15, 0.2) is 291 Å². The fraction of sp³-hybridized carbons (Fsp3) is 0.0400. The number of ether oxygens (including phenoxy) is 1. The maximum atomic E-state index is 6.76. The van der Waals surface area contributed by atoms with Crippen molar-refractivity contribution < 1.29 is 4.74 Å². The topological polar surface area (TPSA) is 23.9 Å². The second kappa shape index (κ2) is 19.0. The molecule has 0 bridgehead atoms. The van der Waals surface area contributed by atoms with Gasteiger partial charge in [0.15, 0.2) is 11.5 Å². The van der Waals surface area contributed by atoms with Gasteiger partial charge in [0.05, 0.1) is 33.8 Å². The van der Waals surface area contributed by atoms with Gasteiger partial charge in [-0.3, -0.25) is 0 Å². The van der Waals surface area contributed by atoms with Gasteiger partial charge in [-0.2, -0.15) is 0 Å². The van der Waals surface area contributed by atoms with E-state index in [-0.39, 0.29) is 5.41 Å². The first-order valence-electron chi connectivity index (χ1n) is 27.5. The first kappa shape index (κ1) is 46.9. The number of nitrogens with zero attached hydrogens (tertiary/aromatic N) is 4. The number of para-hydroxylation sites is 6. The summed E-state index contributed by atoms with van der Waals surface area (Å²) >= 11 is 0. The highest BCUT2D eigenvalue weighted by Crippen LogP contribution is 2.54. The van der Waals surface area contributed by atoms with Crippen molar-refractivity contribution in [2.45, 2.75) is 19.3 Å². The zero-order valence-electron chi connectivity index (χ0n) is 44.4. The van der Waals surface area contributed by atoms with Gasteiger partial charge in [-0.15, -0.1) is 0 Å². The molecule has 13 aromatic rings. The molecule has 0 saturated heterocycles. The molecule has 0 radical (unpaired) electrons. The molecule has 0 unspecified atom stereocenters. The van der Waals surface area contributed by atoms with Crippen molar-refractivity contribution in [1.29, 1.82) is 0 Å². The number of hydrogen-bond donors (Lipinski definition) is 0. The Labute approximate surface area is 466 Å². The van der Waals surface area contributed by atoms with Gasteiger partial charge in [-0.05, 0) is 172 Å². The van der Waals surface area contributed by atoms with Crippen LogP contribution in [0.25, 0.3) is 60.9 Å². The molecule has 2 aliphatic rings. The standard InChI is InChI=1S/C75H54N4O/c1-75(2)65-27-15-16-28-69(65)78(58-23-11-5-12-24-58)70-45-37-56(49-66(70)75)55-36-44-68-64(48-55)63-47-54(35-43-67(63)77(68)57-21-9-4-10-22-57)53-33-40-61(41-34-53)76(60-38-31-52(32-39-60)51-19-7-3-8-20-51)62-42-46-72-74(50-62)80-73-30-18-17-29-71(73)79(72)59-25-13-6-14-26-59/h3-50H,1-2H3. The average molecular weight is 1030 g/mol. The van der Waals surface area contributed by atoms with E-state index < -0.39 is 0 Å². The number of hydrogen-bond acceptors (Lipinski definition) is 4. The van der Waals surface area contributed by atoms with E-state index in [1.54, 1.807) is 0 Å². The van der Waals surface area contributed by atoms with Crippen molar-refractivity contribution in [3.63, 3.8) is 0 Å². The van der Waals surface area contributed by atoms with Gasteiger partial charge in [0.2, 0.25) is 0 Å². The predicted molar refractivity (Wildman–Crippen MR) is 333 cm³/mol. The Morgan fingerprint density at radius 1 is 0.300 bits per heavy atom. The zero-order chi connectivity index (χ0) is 53.3. The fourth-order valence-electron chi connectivity index (χ4n) is 12.4. The van der Waals surface area contributed by atoms with E-state index in [2.05, 4.69) is 312 Å². The zero-order valence-corrected chi connectivity index (χ0v) is 44.4. The molecule has 80 heavy (non-hydrogen) atoms. The van der Waals surface area contributed by atoms with Crippen LogP contribution < -0.4 is 19.4 Å². The number of benzene rings is 12. The summed E-state index contributed by atoms with van der Waals surface area (Å²) in [7, 11) is 0. The van der Waals surface area contributed by atoms with Gasteiger partial charge < -0.3 is 24.0 Å². The van der Waals surface area contributed by atoms with Gasteiger partial charge in [-0.1, -0.05) is 172 Å². The second-order valence-corrected chi connectivity index (χ2v) is 21.4. The molecule has 0 atom stereocenters. The normalized spacial score (nSPS) is 13.0. The molecule has 0 saturated carbocycles. The van der Waals surface area contributed by atoms with Crippen LogP contribution in [0.3, 0.4) is 0 Å². The molecule has 0 fully saturated rings. The van der Waals surface area contributed by atoms with Gasteiger partial charge >= 0.3 is 0 Å². The molecule has 12 aromatic carbocycles. The van der Waals surface area contributed by atoms with Crippen LogP contribution in [0, 0.1) is 0 Å². The van der Waals surface area contributed by atoms with Crippen LogP contribution in [-0.2, 0) is 5.41 Å². The number of rotatable bonds is 9. The molecule has 0 aliphatic carbocycles. The smallest absolute Gasteiger partial charge is 0.153 e. The summed E-state index contributed by atoms with van der Waals surface area (Å²) in [6, 6.07) is 105. The number of anilines is 9. The summed E-state index contributed by atoms with van der Waals surface area (Å²) in [5.74, 6) is 1.60. The number of aromatic nitrogens is 1. The molecule has 380 valence electrons. The molecule has 15 rings (SSSR count). The molecule has 1 aromatic heterocycles. The van der Waals surface area contributed by atoms with E-state index in [4.69, 9.17) is 4.74 Å². The van der Waals surface area contributed by atoms with Crippen molar-refractivity contribution in [2.75, 3.05) is 14.7 Å². The minimum atomic E-state index is -0.221. The van der Waals surface area contributed by atoms with Crippen molar-refractivity contribution in [3.8, 4) is 50.6 Å². The molecule has 2 aliphatic heterocycles. The van der Waals surface area contributed by atoms with Gasteiger partial charge in [0.25, 0.3) is 0 Å². The summed E-state index contributed by atoms with van der Waals surface area (Å²) in [4.78, 5) is 7.04. The summed E-state index contributed by atoms with van der Waals surface area (Å²) in [6.45, 7) is 4.73. The maximum Gasteiger partial charge on any atom is 0.153 e. The quantitative estimate of drug-likeness (QED) is 0.144. The van der Waals surface area contributed by atoms with Crippen molar-refractivity contribution >= 4 is 73.0 Å². The van der Waals surface area contributed by atoms with Gasteiger partial charge in [0, 0.05) is 56.4 Å². The molecule has 3 heterocycles. The Hall–Kier alpha value is -10.4. The SMILES string of the molecule is CC1(C)c2ccccc2N(c2ccccc2)c2ccc(-c3ccc4c(c3)c3cc(-c5ccc(N(c6ccc(-c7ccccc7)cc6)c6ccc7c(c6)Oc6ccccc6N7c6ccccc6)cc5)ccc3n4-c3ccccc3)cc21. The first-order valence-corrected chi connectivity index (χ1v) is 27.5.